The first-order valence-electron chi connectivity index (χ1n) is 17.4. The van der Waals surface area contributed by atoms with Crippen LogP contribution < -0.4 is 4.90 Å². The number of hydrogen-bond donors (Lipinski definition) is 0. The summed E-state index contributed by atoms with van der Waals surface area (Å²) in [7, 11) is 0. The van der Waals surface area contributed by atoms with Crippen molar-refractivity contribution < 1.29 is 0 Å². The molecule has 0 aromatic heterocycles. The third-order valence-electron chi connectivity index (χ3n) is 11.0. The molecular formula is C46H43N. The van der Waals surface area contributed by atoms with E-state index in [2.05, 4.69) is 170 Å². The highest BCUT2D eigenvalue weighted by atomic mass is 15.1. The molecule has 47 heavy (non-hydrogen) atoms. The topological polar surface area (TPSA) is 3.24 Å². The Morgan fingerprint density at radius 1 is 0.426 bits per heavy atom. The van der Waals surface area contributed by atoms with Crippen LogP contribution in [0.2, 0.25) is 0 Å². The lowest BCUT2D eigenvalue weighted by Crippen LogP contribution is -2.27. The Bertz CT molecular complexity index is 1980. The minimum Gasteiger partial charge on any atom is -0.310 e. The van der Waals surface area contributed by atoms with Gasteiger partial charge in [0.15, 0.2) is 0 Å². The first-order valence-corrected chi connectivity index (χ1v) is 17.4. The van der Waals surface area contributed by atoms with Crippen LogP contribution in [0, 0.1) is 0 Å². The Labute approximate surface area is 280 Å². The summed E-state index contributed by atoms with van der Waals surface area (Å²) in [4.78, 5) is 2.44. The molecule has 0 N–H and O–H groups in total. The van der Waals surface area contributed by atoms with Crippen LogP contribution in [0.4, 0.5) is 17.1 Å². The molecule has 0 amide bonds. The van der Waals surface area contributed by atoms with E-state index in [4.69, 9.17) is 0 Å². The molecule has 232 valence electrons. The van der Waals surface area contributed by atoms with E-state index >= 15 is 0 Å². The van der Waals surface area contributed by atoms with Gasteiger partial charge in [-0.1, -0.05) is 155 Å². The lowest BCUT2D eigenvalue weighted by molar-refractivity contribution is 0.446. The summed E-state index contributed by atoms with van der Waals surface area (Å²) in [6, 6.07) is 56.6. The first-order chi connectivity index (χ1) is 23.0. The maximum absolute atomic E-state index is 2.44. The molecule has 0 atom stereocenters. The van der Waals surface area contributed by atoms with E-state index < -0.39 is 0 Å². The third kappa shape index (κ3) is 5.19. The van der Waals surface area contributed by atoms with E-state index in [9.17, 15) is 0 Å². The van der Waals surface area contributed by atoms with Gasteiger partial charge in [0.05, 0.1) is 0 Å². The molecule has 0 unspecified atom stereocenters. The highest BCUT2D eigenvalue weighted by molar-refractivity contribution is 5.86. The predicted molar refractivity (Wildman–Crippen MR) is 199 cm³/mol. The molecule has 0 spiro atoms. The number of benzene rings is 6. The second-order valence-corrected chi connectivity index (χ2v) is 14.1. The second-order valence-electron chi connectivity index (χ2n) is 14.1. The molecule has 2 aliphatic carbocycles. The van der Waals surface area contributed by atoms with Gasteiger partial charge < -0.3 is 4.90 Å². The van der Waals surface area contributed by atoms with Gasteiger partial charge in [0.2, 0.25) is 0 Å². The van der Waals surface area contributed by atoms with Gasteiger partial charge >= 0.3 is 0 Å². The van der Waals surface area contributed by atoms with Gasteiger partial charge in [0, 0.05) is 27.9 Å². The highest BCUT2D eigenvalue weighted by Gasteiger charge is 2.37. The lowest BCUT2D eigenvalue weighted by Gasteiger charge is -2.35. The number of hydrogen-bond acceptors (Lipinski definition) is 1. The summed E-state index contributed by atoms with van der Waals surface area (Å²) in [5.41, 5.74) is 14.4. The number of fused-ring (bicyclic) bond motifs is 3. The van der Waals surface area contributed by atoms with Crippen molar-refractivity contribution in [3.8, 4) is 22.3 Å². The van der Waals surface area contributed by atoms with Crippen molar-refractivity contribution in [3.05, 3.63) is 174 Å². The Morgan fingerprint density at radius 3 is 1.62 bits per heavy atom. The Hall–Kier alpha value is -4.88. The van der Waals surface area contributed by atoms with Crippen LogP contribution in [0.5, 0.6) is 0 Å². The molecular weight excluding hydrogens is 567 g/mol. The average Bonchev–Trinajstić information content (AvgIpc) is 3.26. The largest absolute Gasteiger partial charge is 0.310 e. The standard InChI is InChI=1S/C46H43N/c1-45(2)43-20-12-11-19-41(43)42-30-29-40(33-44(42)45)47(38-25-21-35(22-26-38)34-15-7-5-8-16-34)39-27-23-37(24-28-39)46(31-13-3-4-14-32-46)36-17-9-6-10-18-36/h5-12,15-30,33H,3-4,13-14,31-32H2,1-2H3. The van der Waals surface area contributed by atoms with Gasteiger partial charge in [-0.2, -0.15) is 0 Å². The summed E-state index contributed by atoms with van der Waals surface area (Å²) in [6.45, 7) is 4.73. The zero-order chi connectivity index (χ0) is 31.8. The van der Waals surface area contributed by atoms with E-state index in [1.54, 1.807) is 0 Å². The van der Waals surface area contributed by atoms with Gasteiger partial charge in [-0.05, 0) is 93.7 Å². The molecule has 1 nitrogen and oxygen atoms in total. The van der Waals surface area contributed by atoms with Crippen molar-refractivity contribution in [1.82, 2.24) is 0 Å². The fourth-order valence-electron chi connectivity index (χ4n) is 8.47. The van der Waals surface area contributed by atoms with Gasteiger partial charge in [-0.25, -0.2) is 0 Å². The molecule has 0 saturated heterocycles. The first kappa shape index (κ1) is 29.5. The number of anilines is 3. The maximum atomic E-state index is 2.44. The molecule has 1 fully saturated rings. The monoisotopic (exact) mass is 609 g/mol. The molecule has 1 saturated carbocycles. The summed E-state index contributed by atoms with van der Waals surface area (Å²) in [5, 5.41) is 0. The summed E-state index contributed by atoms with van der Waals surface area (Å²) in [6.07, 6.45) is 7.65. The van der Waals surface area contributed by atoms with Crippen LogP contribution in [0.1, 0.15) is 74.6 Å². The van der Waals surface area contributed by atoms with E-state index in [0.29, 0.717) is 0 Å². The molecule has 0 bridgehead atoms. The predicted octanol–water partition coefficient (Wildman–Crippen LogP) is 12.8. The molecule has 2 aliphatic rings. The van der Waals surface area contributed by atoms with E-state index in [-0.39, 0.29) is 10.8 Å². The smallest absolute Gasteiger partial charge is 0.0465 e. The molecule has 8 rings (SSSR count). The van der Waals surface area contributed by atoms with Crippen LogP contribution in [0.25, 0.3) is 22.3 Å². The minimum atomic E-state index is -0.0593. The Kier molecular flexibility index (Phi) is 7.57. The minimum absolute atomic E-state index is 0.0593. The summed E-state index contributed by atoms with van der Waals surface area (Å²) < 4.78 is 0. The van der Waals surface area contributed by atoms with E-state index in [1.165, 1.54) is 94.4 Å². The van der Waals surface area contributed by atoms with Crippen molar-refractivity contribution >= 4 is 17.1 Å². The molecule has 6 aromatic carbocycles. The van der Waals surface area contributed by atoms with E-state index in [0.717, 1.165) is 5.69 Å². The van der Waals surface area contributed by atoms with Gasteiger partial charge in [-0.15, -0.1) is 0 Å². The van der Waals surface area contributed by atoms with Crippen molar-refractivity contribution in [2.24, 2.45) is 0 Å². The zero-order valence-corrected chi connectivity index (χ0v) is 27.6. The fraction of sp³-hybridized carbons (Fsp3) is 0.217. The van der Waals surface area contributed by atoms with Crippen molar-refractivity contribution in [3.63, 3.8) is 0 Å². The van der Waals surface area contributed by atoms with Gasteiger partial charge in [-0.3, -0.25) is 0 Å². The summed E-state index contributed by atoms with van der Waals surface area (Å²) in [5.74, 6) is 0. The normalized spacial score (nSPS) is 16.1. The number of nitrogens with zero attached hydrogens (tertiary/aromatic N) is 1. The molecule has 0 radical (unpaired) electrons. The van der Waals surface area contributed by atoms with Crippen molar-refractivity contribution in [2.45, 2.75) is 63.2 Å². The molecule has 6 aromatic rings. The summed E-state index contributed by atoms with van der Waals surface area (Å²) >= 11 is 0. The van der Waals surface area contributed by atoms with Crippen LogP contribution in [0.15, 0.2) is 152 Å². The zero-order valence-electron chi connectivity index (χ0n) is 27.6. The Balaban J connectivity index is 1.24. The second kappa shape index (κ2) is 12.0. The molecule has 0 heterocycles. The number of rotatable bonds is 6. The Morgan fingerprint density at radius 2 is 0.936 bits per heavy atom. The average molecular weight is 610 g/mol. The quantitative estimate of drug-likeness (QED) is 0.170. The van der Waals surface area contributed by atoms with E-state index in [1.807, 2.05) is 0 Å². The fourth-order valence-corrected chi connectivity index (χ4v) is 8.47. The van der Waals surface area contributed by atoms with Crippen LogP contribution in [-0.2, 0) is 10.8 Å². The third-order valence-corrected chi connectivity index (χ3v) is 11.0. The van der Waals surface area contributed by atoms with Crippen molar-refractivity contribution in [2.75, 3.05) is 4.90 Å². The maximum Gasteiger partial charge on any atom is 0.0465 e. The van der Waals surface area contributed by atoms with Crippen molar-refractivity contribution in [1.29, 1.82) is 0 Å². The highest BCUT2D eigenvalue weighted by Crippen LogP contribution is 2.51. The van der Waals surface area contributed by atoms with Gasteiger partial charge in [0.25, 0.3) is 0 Å². The van der Waals surface area contributed by atoms with Crippen LogP contribution in [0.3, 0.4) is 0 Å². The lowest BCUT2D eigenvalue weighted by atomic mass is 9.69. The van der Waals surface area contributed by atoms with Crippen LogP contribution >= 0.6 is 0 Å². The molecule has 1 heteroatoms. The SMILES string of the molecule is CC1(C)c2ccccc2-c2ccc(N(c3ccc(-c4ccccc4)cc3)c3ccc(C4(c5ccccc5)CCCCCC4)cc3)cc21. The molecule has 0 aliphatic heterocycles. The van der Waals surface area contributed by atoms with Gasteiger partial charge in [0.1, 0.15) is 0 Å². The van der Waals surface area contributed by atoms with Crippen LogP contribution in [-0.4, -0.2) is 0 Å².